The number of hydrogen-bond acceptors (Lipinski definition) is 24. The van der Waals surface area contributed by atoms with Gasteiger partial charge in [-0.15, -0.1) is 0 Å². The van der Waals surface area contributed by atoms with Crippen LogP contribution < -0.4 is 63.8 Å². The van der Waals surface area contributed by atoms with E-state index < -0.39 is 0 Å². The number of anilines is 12. The van der Waals surface area contributed by atoms with Crippen LogP contribution in [0.25, 0.3) is 44.7 Å². The number of piperidine rings is 2. The maximum atomic E-state index is 4.78. The Morgan fingerprint density at radius 2 is 0.570 bits per heavy atom. The number of hydrogen-bond donors (Lipinski definition) is 12. The van der Waals surface area contributed by atoms with Gasteiger partial charge in [0.25, 0.3) is 0 Å². The van der Waals surface area contributed by atoms with Gasteiger partial charge in [0.1, 0.15) is 0 Å². The minimum atomic E-state index is 0. The number of benzene rings is 4. The Morgan fingerprint density at radius 1 is 0.327 bits per heavy atom. The Balaban J connectivity index is 0.000000133. The molecule has 12 heterocycles. The number of nitrogens with one attached hydrogen (secondary N) is 12. The zero-order valence-electron chi connectivity index (χ0n) is 63.2. The normalized spacial score (nSPS) is 17.1. The summed E-state index contributed by atoms with van der Waals surface area (Å²) in [5, 5.41) is 41.2. The lowest BCUT2D eigenvalue weighted by Crippen LogP contribution is -2.38. The second-order valence-corrected chi connectivity index (χ2v) is 29.3. The molecule has 0 bridgehead atoms. The fraction of sp³-hybridized carbons (Fsp3) is 0.443. The summed E-state index contributed by atoms with van der Waals surface area (Å²) < 4.78 is 8.33. The smallest absolute Gasteiger partial charge is 0.227 e. The molecule has 0 amide bonds. The quantitative estimate of drug-likeness (QED) is 0.0337. The van der Waals surface area contributed by atoms with Crippen molar-refractivity contribution in [1.29, 1.82) is 0 Å². The van der Waals surface area contributed by atoms with Crippen molar-refractivity contribution in [2.24, 2.45) is 0 Å². The molecule has 8 aromatic heterocycles. The van der Waals surface area contributed by atoms with Crippen molar-refractivity contribution in [1.82, 2.24) is 99.3 Å². The first-order chi connectivity index (χ1) is 51.4. The van der Waals surface area contributed by atoms with Crippen LogP contribution in [-0.4, -0.2) is 155 Å². The van der Waals surface area contributed by atoms with E-state index in [9.17, 15) is 0 Å². The zero-order chi connectivity index (χ0) is 73.8. The zero-order valence-corrected chi connectivity index (χ0v) is 63.2. The van der Waals surface area contributed by atoms with Crippen LogP contribution in [0.1, 0.15) is 148 Å². The molecule has 0 saturated carbocycles. The average Bonchev–Trinajstić information content (AvgIpc) is 1.70. The van der Waals surface area contributed by atoms with Gasteiger partial charge in [0.15, 0.2) is 67.9 Å². The van der Waals surface area contributed by atoms with Crippen LogP contribution in [0.15, 0.2) is 122 Å². The Kier molecular flexibility index (Phi) is 25.0. The number of nitrogens with zero attached hydrogens (tertiary/aromatic N) is 16. The molecule has 4 fully saturated rings. The van der Waals surface area contributed by atoms with E-state index in [0.717, 1.165) is 182 Å². The van der Waals surface area contributed by atoms with Crippen molar-refractivity contribution in [2.45, 2.75) is 177 Å². The van der Waals surface area contributed by atoms with Crippen LogP contribution >= 0.6 is 0 Å². The first kappa shape index (κ1) is 76.0. The topological polar surface area (TPSA) is 319 Å². The molecule has 564 valence electrons. The number of imidazole rings is 4. The van der Waals surface area contributed by atoms with Crippen LogP contribution in [0.2, 0.25) is 0 Å². The van der Waals surface area contributed by atoms with Gasteiger partial charge < -0.3 is 82.1 Å². The van der Waals surface area contributed by atoms with Crippen LogP contribution in [0.5, 0.6) is 0 Å². The first-order valence-corrected chi connectivity index (χ1v) is 37.6. The Morgan fingerprint density at radius 3 is 0.785 bits per heavy atom. The summed E-state index contributed by atoms with van der Waals surface area (Å²) >= 11 is 0. The SMILES string of the molecule is C.Cc1cccc(Nc2nc(N[C@@H]3CCCNC3)nc3c2ncn3C(C)C)c1.Cc1cccc(Nc2nc(N[C@@H]3CCNC3)nc3c2ncn3C(C)C)c1.Cc1cccc(Nc2nc(N[C@H]3CCCNC3)nc3c2ncn3C(C)C)c1.Cc1cccc(Nc2nc(N[C@H]3CCNC3)nc3c2ncn3C(C)C)c1. The molecule has 0 unspecified atom stereocenters. The summed E-state index contributed by atoms with van der Waals surface area (Å²) in [6.45, 7) is 33.3. The summed E-state index contributed by atoms with van der Waals surface area (Å²) in [7, 11) is 0. The number of fused-ring (bicyclic) bond motifs is 4. The highest BCUT2D eigenvalue weighted by molar-refractivity contribution is 5.90. The van der Waals surface area contributed by atoms with Gasteiger partial charge in [0.2, 0.25) is 23.8 Å². The van der Waals surface area contributed by atoms with Gasteiger partial charge in [-0.05, 0) is 219 Å². The van der Waals surface area contributed by atoms with Gasteiger partial charge in [0, 0.05) is 97.3 Å². The molecule has 12 N–H and O–H groups in total. The lowest BCUT2D eigenvalue weighted by atomic mass is 10.1. The molecule has 4 saturated heterocycles. The largest absolute Gasteiger partial charge is 0.350 e. The highest BCUT2D eigenvalue weighted by Gasteiger charge is 2.25. The fourth-order valence-corrected chi connectivity index (χ4v) is 13.5. The molecular formula is C79H108N28. The summed E-state index contributed by atoms with van der Waals surface area (Å²) in [4.78, 5) is 56.3. The van der Waals surface area contributed by atoms with Crippen LogP contribution in [-0.2, 0) is 0 Å². The number of rotatable bonds is 20. The Bertz CT molecular complexity index is 4580. The van der Waals surface area contributed by atoms with E-state index in [1.807, 2.05) is 73.8 Å². The summed E-state index contributed by atoms with van der Waals surface area (Å²) in [5.74, 6) is 5.50. The van der Waals surface area contributed by atoms with Crippen LogP contribution in [0.3, 0.4) is 0 Å². The molecule has 4 aliphatic rings. The van der Waals surface area contributed by atoms with E-state index in [4.69, 9.17) is 39.9 Å². The van der Waals surface area contributed by atoms with Gasteiger partial charge in [-0.3, -0.25) is 0 Å². The molecule has 0 aliphatic carbocycles. The van der Waals surface area contributed by atoms with Gasteiger partial charge in [-0.2, -0.15) is 39.9 Å². The predicted octanol–water partition coefficient (Wildman–Crippen LogP) is 14.3. The molecule has 4 atom stereocenters. The fourth-order valence-electron chi connectivity index (χ4n) is 13.5. The maximum Gasteiger partial charge on any atom is 0.227 e. The van der Waals surface area contributed by atoms with Crippen LogP contribution in [0.4, 0.5) is 69.8 Å². The molecule has 28 nitrogen and oxygen atoms in total. The minimum absolute atomic E-state index is 0. The highest BCUT2D eigenvalue weighted by atomic mass is 15.3. The van der Waals surface area contributed by atoms with E-state index >= 15 is 0 Å². The molecular weight excluding hydrogens is 1340 g/mol. The van der Waals surface area contributed by atoms with E-state index in [1.54, 1.807) is 0 Å². The highest BCUT2D eigenvalue weighted by Crippen LogP contribution is 2.33. The third kappa shape index (κ3) is 19.3. The van der Waals surface area contributed by atoms with E-state index in [0.29, 0.717) is 48.0 Å². The second kappa shape index (κ2) is 35.2. The second-order valence-electron chi connectivity index (χ2n) is 29.3. The molecule has 16 rings (SSSR count). The summed E-state index contributed by atoms with van der Waals surface area (Å²) in [5.41, 5.74) is 15.3. The van der Waals surface area contributed by atoms with Crippen molar-refractivity contribution in [3.8, 4) is 0 Å². The Hall–Kier alpha value is -10.7. The lowest BCUT2D eigenvalue weighted by molar-refractivity contribution is 0.478. The monoisotopic (exact) mass is 1450 g/mol. The van der Waals surface area contributed by atoms with E-state index in [2.05, 4.69) is 234 Å². The molecule has 12 aromatic rings. The van der Waals surface area contributed by atoms with Crippen molar-refractivity contribution in [3.05, 3.63) is 145 Å². The number of aryl methyl sites for hydroxylation is 4. The minimum Gasteiger partial charge on any atom is -0.350 e. The van der Waals surface area contributed by atoms with Crippen molar-refractivity contribution in [2.75, 3.05) is 94.9 Å². The van der Waals surface area contributed by atoms with E-state index in [1.165, 1.54) is 22.3 Å². The first-order valence-electron chi connectivity index (χ1n) is 37.6. The summed E-state index contributed by atoms with van der Waals surface area (Å²) in [6, 6.07) is 35.5. The number of aromatic nitrogens is 16. The van der Waals surface area contributed by atoms with Crippen LogP contribution in [0, 0.1) is 27.7 Å². The van der Waals surface area contributed by atoms with Gasteiger partial charge in [0.05, 0.1) is 25.3 Å². The molecule has 28 heteroatoms. The molecule has 4 aliphatic heterocycles. The van der Waals surface area contributed by atoms with Gasteiger partial charge >= 0.3 is 0 Å². The van der Waals surface area contributed by atoms with Crippen molar-refractivity contribution >= 4 is 114 Å². The third-order valence-corrected chi connectivity index (χ3v) is 19.1. The molecule has 0 spiro atoms. The lowest BCUT2D eigenvalue weighted by Gasteiger charge is -2.24. The van der Waals surface area contributed by atoms with Gasteiger partial charge in [-0.25, -0.2) is 19.9 Å². The Labute approximate surface area is 627 Å². The maximum absolute atomic E-state index is 4.78. The summed E-state index contributed by atoms with van der Waals surface area (Å²) in [6.07, 6.45) is 14.1. The third-order valence-electron chi connectivity index (χ3n) is 19.1. The predicted molar refractivity (Wildman–Crippen MR) is 436 cm³/mol. The van der Waals surface area contributed by atoms with E-state index in [-0.39, 0.29) is 31.6 Å². The molecule has 107 heavy (non-hydrogen) atoms. The standard InChI is InChI=1S/2C20H27N7.2C19H25N7.CH4/c2*1-13(2)27-12-22-17-18(23-15-7-4-6-14(3)10-15)25-20(26-19(17)27)24-16-8-5-9-21-11-16;2*1-12(2)26-11-21-16-17(22-14-6-4-5-13(3)9-14)24-19(25-18(16)26)23-15-7-8-20-10-15;/h2*4,6-7,10,12-13,16,21H,5,8-9,11H2,1-3H3,(H2,23,24,25,26);2*4-6,9,11-12,15,20H,7-8,10H2,1-3H3,(H2,22,23,24,25);1H4/t2*16-;2*15-;/m1010./s1. The van der Waals surface area contributed by atoms with Gasteiger partial charge in [-0.1, -0.05) is 56.0 Å². The molecule has 0 radical (unpaired) electrons. The average molecular weight is 1450 g/mol. The van der Waals surface area contributed by atoms with Crippen molar-refractivity contribution in [3.63, 3.8) is 0 Å². The van der Waals surface area contributed by atoms with Crippen molar-refractivity contribution < 1.29 is 0 Å². The molecule has 4 aromatic carbocycles.